The van der Waals surface area contributed by atoms with Crippen molar-refractivity contribution in [3.63, 3.8) is 0 Å². The third-order valence-corrected chi connectivity index (χ3v) is 6.05. The van der Waals surface area contributed by atoms with Crippen LogP contribution in [-0.4, -0.2) is 40.6 Å². The lowest BCUT2D eigenvalue weighted by Gasteiger charge is -2.26. The molecule has 0 saturated heterocycles. The van der Waals surface area contributed by atoms with E-state index in [2.05, 4.69) is 11.1 Å². The fraction of sp³-hybridized carbons (Fsp3) is 0.367. The van der Waals surface area contributed by atoms with Crippen molar-refractivity contribution >= 4 is 17.8 Å². The first-order chi connectivity index (χ1) is 17.8. The van der Waals surface area contributed by atoms with Crippen molar-refractivity contribution in [1.82, 2.24) is 9.88 Å². The predicted octanol–water partition coefficient (Wildman–Crippen LogP) is 5.77. The van der Waals surface area contributed by atoms with Crippen molar-refractivity contribution in [3.8, 4) is 5.75 Å². The molecular weight excluding hydrogens is 466 g/mol. The first-order valence-corrected chi connectivity index (χ1v) is 12.8. The minimum Gasteiger partial charge on any atom is -0.494 e. The number of pyridine rings is 1. The topological polar surface area (TPSA) is 72.0 Å². The summed E-state index contributed by atoms with van der Waals surface area (Å²) in [5.74, 6) is 1.47. The molecule has 194 valence electrons. The zero-order chi connectivity index (χ0) is 26.3. The van der Waals surface area contributed by atoms with Crippen molar-refractivity contribution in [2.45, 2.75) is 58.7 Å². The van der Waals surface area contributed by atoms with Gasteiger partial charge in [-0.3, -0.25) is 9.69 Å². The zero-order valence-electron chi connectivity index (χ0n) is 21.9. The Balaban J connectivity index is 1.37. The smallest absolute Gasteiger partial charge is 0.416 e. The van der Waals surface area contributed by atoms with Crippen LogP contribution in [0.2, 0.25) is 0 Å². The second kappa shape index (κ2) is 11.9. The molecular formula is C30H35N3O4. The monoisotopic (exact) mass is 501 g/mol. The van der Waals surface area contributed by atoms with E-state index in [9.17, 15) is 9.59 Å². The summed E-state index contributed by atoms with van der Waals surface area (Å²) in [6, 6.07) is 21.6. The summed E-state index contributed by atoms with van der Waals surface area (Å²) in [7, 11) is 0. The molecule has 37 heavy (non-hydrogen) atoms. The van der Waals surface area contributed by atoms with E-state index in [1.165, 1.54) is 5.56 Å². The SMILES string of the molecule is CC(C)(C)OC(=O)N(CCCOc1ccc2c(c1)CN(Cc1ccccc1)C(=O)CC2)c1ccccn1. The van der Waals surface area contributed by atoms with Gasteiger partial charge in [0.25, 0.3) is 0 Å². The lowest BCUT2D eigenvalue weighted by Crippen LogP contribution is -2.38. The van der Waals surface area contributed by atoms with E-state index >= 15 is 0 Å². The van der Waals surface area contributed by atoms with E-state index in [1.54, 1.807) is 17.2 Å². The van der Waals surface area contributed by atoms with Crippen LogP contribution in [0.5, 0.6) is 5.75 Å². The minimum atomic E-state index is -0.599. The van der Waals surface area contributed by atoms with Crippen LogP contribution in [0.15, 0.2) is 72.9 Å². The molecule has 0 saturated carbocycles. The molecule has 0 N–H and O–H groups in total. The number of ether oxygens (including phenoxy) is 2. The predicted molar refractivity (Wildman–Crippen MR) is 143 cm³/mol. The summed E-state index contributed by atoms with van der Waals surface area (Å²) in [5, 5.41) is 0. The van der Waals surface area contributed by atoms with Crippen LogP contribution in [0, 0.1) is 0 Å². The van der Waals surface area contributed by atoms with Gasteiger partial charge in [0.2, 0.25) is 5.91 Å². The van der Waals surface area contributed by atoms with Crippen molar-refractivity contribution < 1.29 is 19.1 Å². The number of aryl methyl sites for hydroxylation is 1. The normalized spacial score (nSPS) is 13.5. The van der Waals surface area contributed by atoms with Gasteiger partial charge in [-0.2, -0.15) is 0 Å². The fourth-order valence-electron chi connectivity index (χ4n) is 4.27. The number of carbonyl (C=O) groups excluding carboxylic acids is 2. The standard InChI is InChI=1S/C30H35N3O4/c1-30(2,3)37-29(35)33(27-12-7-8-17-31-27)18-9-19-36-26-15-13-24-14-16-28(34)32(22-25(24)20-26)21-23-10-5-4-6-11-23/h4-8,10-13,15,17,20H,9,14,16,18-19,21-22H2,1-3H3. The maximum Gasteiger partial charge on any atom is 0.416 e. The Bertz CT molecular complexity index is 1190. The molecule has 3 aromatic rings. The second-order valence-electron chi connectivity index (χ2n) is 10.2. The lowest BCUT2D eigenvalue weighted by atomic mass is 10.0. The van der Waals surface area contributed by atoms with Gasteiger partial charge in [0.05, 0.1) is 6.61 Å². The van der Waals surface area contributed by atoms with Crippen LogP contribution in [0.25, 0.3) is 0 Å². The highest BCUT2D eigenvalue weighted by atomic mass is 16.6. The highest BCUT2D eigenvalue weighted by Crippen LogP contribution is 2.25. The van der Waals surface area contributed by atoms with E-state index in [0.29, 0.717) is 44.9 Å². The number of anilines is 1. The van der Waals surface area contributed by atoms with Crippen molar-refractivity contribution in [1.29, 1.82) is 0 Å². The van der Waals surface area contributed by atoms with Gasteiger partial charge in [-0.1, -0.05) is 42.5 Å². The maximum absolute atomic E-state index is 12.8. The Morgan fingerprint density at radius 1 is 1.00 bits per heavy atom. The van der Waals surface area contributed by atoms with Crippen LogP contribution in [0.4, 0.5) is 10.6 Å². The van der Waals surface area contributed by atoms with Crippen LogP contribution in [-0.2, 0) is 29.0 Å². The Morgan fingerprint density at radius 2 is 1.78 bits per heavy atom. The molecule has 0 radical (unpaired) electrons. The van der Waals surface area contributed by atoms with Gasteiger partial charge < -0.3 is 14.4 Å². The van der Waals surface area contributed by atoms with Gasteiger partial charge in [0.15, 0.2) is 0 Å². The molecule has 7 heteroatoms. The molecule has 7 nitrogen and oxygen atoms in total. The van der Waals surface area contributed by atoms with Crippen LogP contribution in [0.1, 0.15) is 50.3 Å². The van der Waals surface area contributed by atoms with Crippen LogP contribution in [0.3, 0.4) is 0 Å². The number of benzene rings is 2. The van der Waals surface area contributed by atoms with Gasteiger partial charge >= 0.3 is 6.09 Å². The number of aromatic nitrogens is 1. The van der Waals surface area contributed by atoms with Gasteiger partial charge in [0, 0.05) is 32.3 Å². The molecule has 2 heterocycles. The van der Waals surface area contributed by atoms with E-state index in [-0.39, 0.29) is 5.91 Å². The van der Waals surface area contributed by atoms with E-state index in [0.717, 1.165) is 23.3 Å². The Labute approximate surface area is 219 Å². The third kappa shape index (κ3) is 7.56. The van der Waals surface area contributed by atoms with E-state index < -0.39 is 11.7 Å². The second-order valence-corrected chi connectivity index (χ2v) is 10.2. The molecule has 0 bridgehead atoms. The van der Waals surface area contributed by atoms with Crippen LogP contribution < -0.4 is 9.64 Å². The minimum absolute atomic E-state index is 0.166. The van der Waals surface area contributed by atoms with Gasteiger partial charge in [0.1, 0.15) is 17.2 Å². The number of rotatable bonds is 8. The average molecular weight is 502 g/mol. The highest BCUT2D eigenvalue weighted by molar-refractivity contribution is 5.86. The number of fused-ring (bicyclic) bond motifs is 1. The number of hydrogen-bond acceptors (Lipinski definition) is 5. The Kier molecular flexibility index (Phi) is 8.43. The summed E-state index contributed by atoms with van der Waals surface area (Å²) in [4.78, 5) is 33.3. The quantitative estimate of drug-likeness (QED) is 0.367. The largest absolute Gasteiger partial charge is 0.494 e. The van der Waals surface area contributed by atoms with Crippen molar-refractivity contribution in [2.24, 2.45) is 0 Å². The number of amides is 2. The molecule has 2 amide bonds. The molecule has 2 aromatic carbocycles. The summed E-state index contributed by atoms with van der Waals surface area (Å²) in [6.45, 7) is 7.53. The summed E-state index contributed by atoms with van der Waals surface area (Å²) in [6.07, 6.45) is 3.07. The summed E-state index contributed by atoms with van der Waals surface area (Å²) >= 11 is 0. The fourth-order valence-corrected chi connectivity index (χ4v) is 4.27. The van der Waals surface area contributed by atoms with E-state index in [1.807, 2.05) is 80.3 Å². The first-order valence-electron chi connectivity index (χ1n) is 12.8. The number of hydrogen-bond donors (Lipinski definition) is 0. The van der Waals surface area contributed by atoms with Crippen molar-refractivity contribution in [3.05, 3.63) is 89.6 Å². The third-order valence-electron chi connectivity index (χ3n) is 6.05. The van der Waals surface area contributed by atoms with Gasteiger partial charge in [-0.15, -0.1) is 0 Å². The number of carbonyl (C=O) groups is 2. The zero-order valence-corrected chi connectivity index (χ0v) is 21.9. The summed E-state index contributed by atoms with van der Waals surface area (Å²) in [5.41, 5.74) is 2.82. The Hall–Kier alpha value is -3.87. The molecule has 0 fully saturated rings. The lowest BCUT2D eigenvalue weighted by molar-refractivity contribution is -0.132. The highest BCUT2D eigenvalue weighted by Gasteiger charge is 2.24. The molecule has 1 aliphatic heterocycles. The maximum atomic E-state index is 12.8. The molecule has 0 unspecified atom stereocenters. The first kappa shape index (κ1) is 26.2. The molecule has 4 rings (SSSR count). The van der Waals surface area contributed by atoms with Crippen LogP contribution >= 0.6 is 0 Å². The van der Waals surface area contributed by atoms with Gasteiger partial charge in [-0.25, -0.2) is 9.78 Å². The molecule has 1 aliphatic rings. The molecule has 1 aromatic heterocycles. The van der Waals surface area contributed by atoms with Crippen molar-refractivity contribution in [2.75, 3.05) is 18.1 Å². The molecule has 0 spiro atoms. The molecule has 0 atom stereocenters. The summed E-state index contributed by atoms with van der Waals surface area (Å²) < 4.78 is 11.6. The van der Waals surface area contributed by atoms with E-state index in [4.69, 9.17) is 9.47 Å². The average Bonchev–Trinajstić information content (AvgIpc) is 3.02. The molecule has 0 aliphatic carbocycles. The Morgan fingerprint density at radius 3 is 2.51 bits per heavy atom. The number of nitrogens with zero attached hydrogens (tertiary/aromatic N) is 3. The van der Waals surface area contributed by atoms with Gasteiger partial charge in [-0.05, 0) is 74.6 Å².